The molecular weight excluding hydrogens is 310 g/mol. The maximum atomic E-state index is 12.2. The van der Waals surface area contributed by atoms with E-state index in [0.29, 0.717) is 29.2 Å². The molecule has 0 spiro atoms. The summed E-state index contributed by atoms with van der Waals surface area (Å²) in [6.45, 7) is 0.546. The Morgan fingerprint density at radius 2 is 1.71 bits per heavy atom. The minimum atomic E-state index is -0.433. The molecule has 0 bridgehead atoms. The molecule has 1 amide bonds. The van der Waals surface area contributed by atoms with Crippen molar-refractivity contribution in [2.24, 2.45) is 0 Å². The van der Waals surface area contributed by atoms with Crippen LogP contribution in [0.3, 0.4) is 0 Å². The molecule has 0 unspecified atom stereocenters. The number of rotatable bonds is 7. The molecular formula is C18H19NO5. The summed E-state index contributed by atoms with van der Waals surface area (Å²) in [6, 6.07) is 13.3. The molecule has 6 heteroatoms. The van der Waals surface area contributed by atoms with Gasteiger partial charge in [-0.2, -0.15) is 0 Å². The van der Waals surface area contributed by atoms with E-state index in [-0.39, 0.29) is 12.5 Å². The first kappa shape index (κ1) is 17.5. The quantitative estimate of drug-likeness (QED) is 0.624. The van der Waals surface area contributed by atoms with Crippen LogP contribution >= 0.6 is 0 Å². The molecule has 0 aliphatic rings. The molecule has 0 heterocycles. The predicted octanol–water partition coefficient (Wildman–Crippen LogP) is 2.75. The smallest absolute Gasteiger partial charge is 0.338 e. The molecule has 6 nitrogen and oxygen atoms in total. The number of anilines is 1. The lowest BCUT2D eigenvalue weighted by atomic mass is 10.1. The van der Waals surface area contributed by atoms with Gasteiger partial charge in [0.2, 0.25) is 0 Å². The van der Waals surface area contributed by atoms with Crippen LogP contribution in [0.25, 0.3) is 0 Å². The summed E-state index contributed by atoms with van der Waals surface area (Å²) in [5.41, 5.74) is 1.47. The molecule has 0 saturated heterocycles. The van der Waals surface area contributed by atoms with Crippen LogP contribution in [0, 0.1) is 0 Å². The summed E-state index contributed by atoms with van der Waals surface area (Å²) in [5.74, 6) is -0.0844. The van der Waals surface area contributed by atoms with Crippen molar-refractivity contribution in [2.75, 3.05) is 32.8 Å². The van der Waals surface area contributed by atoms with E-state index < -0.39 is 5.97 Å². The maximum Gasteiger partial charge on any atom is 0.338 e. The molecule has 2 aromatic carbocycles. The van der Waals surface area contributed by atoms with Gasteiger partial charge in [-0.15, -0.1) is 0 Å². The molecule has 0 aromatic heterocycles. The summed E-state index contributed by atoms with van der Waals surface area (Å²) in [4.78, 5) is 24.0. The highest BCUT2D eigenvalue weighted by atomic mass is 16.6. The van der Waals surface area contributed by atoms with Crippen molar-refractivity contribution in [1.29, 1.82) is 0 Å². The predicted molar refractivity (Wildman–Crippen MR) is 89.5 cm³/mol. The van der Waals surface area contributed by atoms with Crippen LogP contribution in [-0.2, 0) is 9.47 Å². The molecule has 0 aliphatic heterocycles. The number of hydrogen-bond donors (Lipinski definition) is 1. The molecule has 1 N–H and O–H groups in total. The van der Waals surface area contributed by atoms with E-state index in [1.54, 1.807) is 55.6 Å². The van der Waals surface area contributed by atoms with E-state index in [9.17, 15) is 9.59 Å². The number of carbonyl (C=O) groups excluding carboxylic acids is 2. The van der Waals surface area contributed by atoms with Gasteiger partial charge in [0.1, 0.15) is 12.4 Å². The molecule has 0 radical (unpaired) electrons. The fourth-order valence-electron chi connectivity index (χ4n) is 1.96. The largest absolute Gasteiger partial charge is 0.497 e. The summed E-state index contributed by atoms with van der Waals surface area (Å²) in [5, 5.41) is 2.76. The Morgan fingerprint density at radius 3 is 2.38 bits per heavy atom. The number of benzene rings is 2. The number of methoxy groups -OCH3 is 2. The number of esters is 1. The normalized spacial score (nSPS) is 10.1. The van der Waals surface area contributed by atoms with Gasteiger partial charge in [-0.25, -0.2) is 4.79 Å². The van der Waals surface area contributed by atoms with Crippen molar-refractivity contribution in [3.8, 4) is 5.75 Å². The zero-order chi connectivity index (χ0) is 17.4. The SMILES string of the molecule is COCCOC(=O)c1ccc(NC(=O)c2cccc(OC)c2)cc1. The van der Waals surface area contributed by atoms with Gasteiger partial charge >= 0.3 is 5.97 Å². The van der Waals surface area contributed by atoms with Crippen molar-refractivity contribution >= 4 is 17.6 Å². The highest BCUT2D eigenvalue weighted by Crippen LogP contribution is 2.15. The van der Waals surface area contributed by atoms with Crippen LogP contribution in [0.4, 0.5) is 5.69 Å². The van der Waals surface area contributed by atoms with Gasteiger partial charge in [0.05, 0.1) is 19.3 Å². The Kier molecular flexibility index (Phi) is 6.33. The first-order valence-electron chi connectivity index (χ1n) is 7.35. The van der Waals surface area contributed by atoms with Crippen molar-refractivity contribution < 1.29 is 23.8 Å². The van der Waals surface area contributed by atoms with Crippen molar-refractivity contribution in [1.82, 2.24) is 0 Å². The average molecular weight is 329 g/mol. The number of hydrogen-bond acceptors (Lipinski definition) is 5. The third kappa shape index (κ3) is 4.82. The topological polar surface area (TPSA) is 73.9 Å². The zero-order valence-corrected chi connectivity index (χ0v) is 13.6. The van der Waals surface area contributed by atoms with Crippen molar-refractivity contribution in [2.45, 2.75) is 0 Å². The second-order valence-corrected chi connectivity index (χ2v) is 4.89. The molecule has 0 atom stereocenters. The first-order valence-corrected chi connectivity index (χ1v) is 7.35. The molecule has 24 heavy (non-hydrogen) atoms. The number of carbonyl (C=O) groups is 2. The van der Waals surface area contributed by atoms with Crippen molar-refractivity contribution in [3.05, 3.63) is 59.7 Å². The maximum absolute atomic E-state index is 12.2. The van der Waals surface area contributed by atoms with Gasteiger partial charge in [-0.1, -0.05) is 6.07 Å². The van der Waals surface area contributed by atoms with Crippen LogP contribution < -0.4 is 10.1 Å². The van der Waals surface area contributed by atoms with Crippen molar-refractivity contribution in [3.63, 3.8) is 0 Å². The summed E-state index contributed by atoms with van der Waals surface area (Å²) < 4.78 is 14.9. The second kappa shape index (κ2) is 8.69. The van der Waals surface area contributed by atoms with E-state index in [0.717, 1.165) is 0 Å². The lowest BCUT2D eigenvalue weighted by Gasteiger charge is -2.08. The van der Waals surface area contributed by atoms with E-state index in [1.165, 1.54) is 7.11 Å². The minimum absolute atomic E-state index is 0.198. The molecule has 2 aromatic rings. The van der Waals surface area contributed by atoms with Crippen LogP contribution in [0.1, 0.15) is 20.7 Å². The number of nitrogens with one attached hydrogen (secondary N) is 1. The van der Waals surface area contributed by atoms with Gasteiger partial charge in [-0.05, 0) is 42.5 Å². The molecule has 126 valence electrons. The van der Waals surface area contributed by atoms with Crippen LogP contribution in [0.2, 0.25) is 0 Å². The average Bonchev–Trinajstić information content (AvgIpc) is 2.62. The second-order valence-electron chi connectivity index (χ2n) is 4.89. The first-order chi connectivity index (χ1) is 11.6. The van der Waals surface area contributed by atoms with E-state index in [1.807, 2.05) is 0 Å². The Bertz CT molecular complexity index is 697. The Balaban J connectivity index is 1.98. The lowest BCUT2D eigenvalue weighted by Crippen LogP contribution is -2.13. The van der Waals surface area contributed by atoms with Gasteiger partial charge in [-0.3, -0.25) is 4.79 Å². The van der Waals surface area contributed by atoms with Crippen LogP contribution in [0.5, 0.6) is 5.75 Å². The van der Waals surface area contributed by atoms with Crippen LogP contribution in [0.15, 0.2) is 48.5 Å². The summed E-state index contributed by atoms with van der Waals surface area (Å²) >= 11 is 0. The van der Waals surface area contributed by atoms with Crippen LogP contribution in [-0.4, -0.2) is 39.3 Å². The zero-order valence-electron chi connectivity index (χ0n) is 13.6. The summed E-state index contributed by atoms with van der Waals surface area (Å²) in [6.07, 6.45) is 0. The third-order valence-corrected chi connectivity index (χ3v) is 3.23. The highest BCUT2D eigenvalue weighted by molar-refractivity contribution is 6.04. The monoisotopic (exact) mass is 329 g/mol. The number of amides is 1. The van der Waals surface area contributed by atoms with E-state index in [2.05, 4.69) is 5.32 Å². The Morgan fingerprint density at radius 1 is 0.958 bits per heavy atom. The fourth-order valence-corrected chi connectivity index (χ4v) is 1.96. The fraction of sp³-hybridized carbons (Fsp3) is 0.222. The van der Waals surface area contributed by atoms with E-state index >= 15 is 0 Å². The van der Waals surface area contributed by atoms with Gasteiger partial charge < -0.3 is 19.5 Å². The standard InChI is InChI=1S/C18H19NO5/c1-22-10-11-24-18(21)13-6-8-15(9-7-13)19-17(20)14-4-3-5-16(12-14)23-2/h3-9,12H,10-11H2,1-2H3,(H,19,20). The number of ether oxygens (including phenoxy) is 3. The molecule has 2 rings (SSSR count). The van der Waals surface area contributed by atoms with Gasteiger partial charge in [0.25, 0.3) is 5.91 Å². The lowest BCUT2D eigenvalue weighted by molar-refractivity contribution is 0.0388. The molecule has 0 aliphatic carbocycles. The molecule has 0 saturated carbocycles. The molecule has 0 fully saturated rings. The van der Waals surface area contributed by atoms with E-state index in [4.69, 9.17) is 14.2 Å². The third-order valence-electron chi connectivity index (χ3n) is 3.23. The minimum Gasteiger partial charge on any atom is -0.497 e. The van der Waals surface area contributed by atoms with Gasteiger partial charge in [0, 0.05) is 18.4 Å². The van der Waals surface area contributed by atoms with Gasteiger partial charge in [0.15, 0.2) is 0 Å². The highest BCUT2D eigenvalue weighted by Gasteiger charge is 2.09. The Labute approximate surface area is 140 Å². The summed E-state index contributed by atoms with van der Waals surface area (Å²) in [7, 11) is 3.08. The Hall–Kier alpha value is -2.86.